The summed E-state index contributed by atoms with van der Waals surface area (Å²) in [5, 5.41) is 0. The molecule has 0 aliphatic rings. The monoisotopic (exact) mass is 271 g/mol. The number of aromatic nitrogens is 3. The summed E-state index contributed by atoms with van der Waals surface area (Å²) in [6.45, 7) is 0. The molecule has 0 atom stereocenters. The molecule has 0 saturated heterocycles. The molecule has 94 valence electrons. The van der Waals surface area contributed by atoms with Crippen molar-refractivity contribution in [3.05, 3.63) is 54.4 Å². The summed E-state index contributed by atoms with van der Waals surface area (Å²) in [7, 11) is 0. The second-order valence-corrected chi connectivity index (χ2v) is 4.20. The molecule has 3 rings (SSSR count). The summed E-state index contributed by atoms with van der Waals surface area (Å²) < 4.78 is 5.56. The Hall–Kier alpha value is -2.20. The van der Waals surface area contributed by atoms with E-state index in [1.54, 1.807) is 18.5 Å². The van der Waals surface area contributed by atoms with Gasteiger partial charge in [-0.25, -0.2) is 15.0 Å². The van der Waals surface area contributed by atoms with E-state index in [0.717, 1.165) is 16.6 Å². The highest BCUT2D eigenvalue weighted by atomic mass is 35.5. The molecule has 4 nitrogen and oxygen atoms in total. The number of hydrogen-bond donors (Lipinski definition) is 0. The van der Waals surface area contributed by atoms with Gasteiger partial charge in [-0.3, -0.25) is 0 Å². The number of rotatable bonds is 3. The molecule has 1 aromatic carbocycles. The van der Waals surface area contributed by atoms with Gasteiger partial charge in [0.1, 0.15) is 0 Å². The molecule has 0 aliphatic heterocycles. The number of alkyl halides is 1. The molecule has 0 fully saturated rings. The summed E-state index contributed by atoms with van der Waals surface area (Å²) in [6, 6.07) is 11.2. The van der Waals surface area contributed by atoms with Gasteiger partial charge in [0.15, 0.2) is 0 Å². The van der Waals surface area contributed by atoms with Gasteiger partial charge in [-0.1, -0.05) is 18.2 Å². The largest absolute Gasteiger partial charge is 0.419 e. The van der Waals surface area contributed by atoms with Crippen molar-refractivity contribution in [3.8, 4) is 11.8 Å². The van der Waals surface area contributed by atoms with Crippen molar-refractivity contribution in [1.82, 2.24) is 15.0 Å². The van der Waals surface area contributed by atoms with Gasteiger partial charge in [-0.15, -0.1) is 11.6 Å². The van der Waals surface area contributed by atoms with Crippen molar-refractivity contribution in [2.75, 3.05) is 0 Å². The summed E-state index contributed by atoms with van der Waals surface area (Å²) >= 11 is 5.70. The van der Waals surface area contributed by atoms with Gasteiger partial charge in [0.25, 0.3) is 0 Å². The molecular weight excluding hydrogens is 262 g/mol. The van der Waals surface area contributed by atoms with Gasteiger partial charge in [-0.05, 0) is 17.7 Å². The van der Waals surface area contributed by atoms with Crippen LogP contribution < -0.4 is 4.74 Å². The lowest BCUT2D eigenvalue weighted by atomic mass is 10.3. The molecular formula is C14H10ClN3O. The molecule has 5 heteroatoms. The van der Waals surface area contributed by atoms with Crippen molar-refractivity contribution in [2.45, 2.75) is 5.88 Å². The average Bonchev–Trinajstić information content (AvgIpc) is 2.48. The lowest BCUT2D eigenvalue weighted by Crippen LogP contribution is -1.93. The molecule has 0 radical (unpaired) electrons. The summed E-state index contributed by atoms with van der Waals surface area (Å²) in [5.41, 5.74) is 2.57. The Morgan fingerprint density at radius 1 is 0.895 bits per heavy atom. The molecule has 2 heterocycles. The predicted molar refractivity (Wildman–Crippen MR) is 73.4 cm³/mol. The molecule has 0 saturated carbocycles. The van der Waals surface area contributed by atoms with Gasteiger partial charge in [0.05, 0.1) is 17.2 Å². The summed E-state index contributed by atoms with van der Waals surface area (Å²) in [5.74, 6) is 1.33. The predicted octanol–water partition coefficient (Wildman–Crippen LogP) is 3.56. The van der Waals surface area contributed by atoms with Crippen LogP contribution in [0.15, 0.2) is 48.8 Å². The van der Waals surface area contributed by atoms with Crippen molar-refractivity contribution in [1.29, 1.82) is 0 Å². The van der Waals surface area contributed by atoms with Crippen LogP contribution in [0.4, 0.5) is 0 Å². The second kappa shape index (κ2) is 5.20. The number of nitrogens with zero attached hydrogens (tertiary/aromatic N) is 3. The molecule has 2 aromatic heterocycles. The number of fused-ring (bicyclic) bond motifs is 1. The Morgan fingerprint density at radius 2 is 1.74 bits per heavy atom. The van der Waals surface area contributed by atoms with Crippen molar-refractivity contribution in [2.24, 2.45) is 0 Å². The minimum Gasteiger partial charge on any atom is -0.419 e. The van der Waals surface area contributed by atoms with Crippen LogP contribution in [0.1, 0.15) is 5.56 Å². The second-order valence-electron chi connectivity index (χ2n) is 3.94. The first-order chi connectivity index (χ1) is 9.35. The van der Waals surface area contributed by atoms with Crippen LogP contribution in [0.3, 0.4) is 0 Å². The van der Waals surface area contributed by atoms with Gasteiger partial charge >= 0.3 is 0 Å². The third kappa shape index (κ3) is 2.63. The fourth-order valence-corrected chi connectivity index (χ4v) is 1.80. The van der Waals surface area contributed by atoms with Gasteiger partial charge in [0.2, 0.25) is 11.8 Å². The minimum atomic E-state index is 0.421. The molecule has 0 spiro atoms. The zero-order chi connectivity index (χ0) is 13.1. The summed E-state index contributed by atoms with van der Waals surface area (Å²) in [6.07, 6.45) is 3.26. The molecule has 3 aromatic rings. The summed E-state index contributed by atoms with van der Waals surface area (Å²) in [4.78, 5) is 12.8. The molecule has 19 heavy (non-hydrogen) atoms. The zero-order valence-electron chi connectivity index (χ0n) is 9.95. The van der Waals surface area contributed by atoms with E-state index in [-0.39, 0.29) is 0 Å². The van der Waals surface area contributed by atoms with Crippen LogP contribution in [0, 0.1) is 0 Å². The number of ether oxygens (including phenoxy) is 1. The average molecular weight is 272 g/mol. The van der Waals surface area contributed by atoms with Gasteiger partial charge < -0.3 is 4.74 Å². The van der Waals surface area contributed by atoms with Crippen LogP contribution >= 0.6 is 11.6 Å². The first kappa shape index (κ1) is 11.9. The maximum atomic E-state index is 5.70. The first-order valence-electron chi connectivity index (χ1n) is 5.76. The lowest BCUT2D eigenvalue weighted by Gasteiger charge is -2.04. The molecule has 0 unspecified atom stereocenters. The SMILES string of the molecule is ClCc1ccc(Oc2cnc3ccccc3n2)nc1. The zero-order valence-corrected chi connectivity index (χ0v) is 10.7. The maximum Gasteiger partial charge on any atom is 0.240 e. The third-order valence-electron chi connectivity index (χ3n) is 2.59. The molecule has 0 amide bonds. The Balaban J connectivity index is 1.87. The molecule has 0 bridgehead atoms. The smallest absolute Gasteiger partial charge is 0.240 e. The van der Waals surface area contributed by atoms with Crippen molar-refractivity contribution in [3.63, 3.8) is 0 Å². The highest BCUT2D eigenvalue weighted by Crippen LogP contribution is 2.19. The van der Waals surface area contributed by atoms with Crippen molar-refractivity contribution >= 4 is 22.6 Å². The fraction of sp³-hybridized carbons (Fsp3) is 0.0714. The maximum absolute atomic E-state index is 5.70. The highest BCUT2D eigenvalue weighted by Gasteiger charge is 2.03. The normalized spacial score (nSPS) is 10.6. The lowest BCUT2D eigenvalue weighted by molar-refractivity contribution is 0.444. The number of halogens is 1. The molecule has 0 N–H and O–H groups in total. The highest BCUT2D eigenvalue weighted by molar-refractivity contribution is 6.17. The van der Waals surface area contributed by atoms with E-state index >= 15 is 0 Å². The third-order valence-corrected chi connectivity index (χ3v) is 2.90. The van der Waals surface area contributed by atoms with Crippen LogP contribution in [0.25, 0.3) is 11.0 Å². The number of benzene rings is 1. The van der Waals surface area contributed by atoms with Crippen molar-refractivity contribution < 1.29 is 4.74 Å². The number of hydrogen-bond acceptors (Lipinski definition) is 4. The minimum absolute atomic E-state index is 0.421. The van der Waals surface area contributed by atoms with E-state index in [2.05, 4.69) is 15.0 Å². The van der Waals surface area contributed by atoms with E-state index in [1.165, 1.54) is 0 Å². The van der Waals surface area contributed by atoms with Gasteiger partial charge in [0, 0.05) is 18.1 Å². The van der Waals surface area contributed by atoms with E-state index in [1.807, 2.05) is 30.3 Å². The van der Waals surface area contributed by atoms with Crippen LogP contribution in [0.2, 0.25) is 0 Å². The fourth-order valence-electron chi connectivity index (χ4n) is 1.65. The van der Waals surface area contributed by atoms with Gasteiger partial charge in [-0.2, -0.15) is 0 Å². The van der Waals surface area contributed by atoms with E-state index in [9.17, 15) is 0 Å². The standard InChI is InChI=1S/C14H10ClN3O/c15-7-10-5-6-13(17-8-10)19-14-9-16-11-3-1-2-4-12(11)18-14/h1-6,8-9H,7H2. The Kier molecular flexibility index (Phi) is 3.25. The van der Waals surface area contributed by atoms with E-state index < -0.39 is 0 Å². The first-order valence-corrected chi connectivity index (χ1v) is 6.29. The van der Waals surface area contributed by atoms with Crippen LogP contribution in [-0.2, 0) is 5.88 Å². The Morgan fingerprint density at radius 3 is 2.47 bits per heavy atom. The topological polar surface area (TPSA) is 47.9 Å². The van der Waals surface area contributed by atoms with E-state index in [0.29, 0.717) is 17.6 Å². The Labute approximate surface area is 115 Å². The quantitative estimate of drug-likeness (QED) is 0.684. The number of para-hydroxylation sites is 2. The van der Waals surface area contributed by atoms with E-state index in [4.69, 9.17) is 16.3 Å². The molecule has 0 aliphatic carbocycles. The number of pyridine rings is 1. The Bertz CT molecular complexity index is 700. The van der Waals surface area contributed by atoms with Crippen LogP contribution in [-0.4, -0.2) is 15.0 Å². The van der Waals surface area contributed by atoms with Crippen LogP contribution in [0.5, 0.6) is 11.8 Å².